The van der Waals surface area contributed by atoms with E-state index >= 15 is 0 Å². The number of aromatic nitrogens is 4. The van der Waals surface area contributed by atoms with Crippen molar-refractivity contribution in [1.82, 2.24) is 25.1 Å². The summed E-state index contributed by atoms with van der Waals surface area (Å²) in [7, 11) is 0. The Morgan fingerprint density at radius 3 is 2.97 bits per heavy atom. The summed E-state index contributed by atoms with van der Waals surface area (Å²) in [6.45, 7) is 1.90. The van der Waals surface area contributed by atoms with Crippen LogP contribution in [0.2, 0.25) is 5.02 Å². The normalized spacial score (nSPS) is 16.2. The predicted octanol–water partition coefficient (Wildman–Crippen LogP) is 2.62. The monoisotopic (exact) mass is 414 g/mol. The highest BCUT2D eigenvalue weighted by Gasteiger charge is 2.16. The van der Waals surface area contributed by atoms with E-state index in [1.54, 1.807) is 4.52 Å². The molecule has 8 nitrogen and oxygen atoms in total. The van der Waals surface area contributed by atoms with Crippen molar-refractivity contribution in [3.8, 4) is 0 Å². The first-order valence-corrected chi connectivity index (χ1v) is 10.1. The van der Waals surface area contributed by atoms with Gasteiger partial charge >= 0.3 is 0 Å². The van der Waals surface area contributed by atoms with Crippen LogP contribution in [0.15, 0.2) is 36.4 Å². The molecule has 0 spiro atoms. The highest BCUT2D eigenvalue weighted by molar-refractivity contribution is 6.31. The van der Waals surface area contributed by atoms with Crippen molar-refractivity contribution in [1.29, 1.82) is 0 Å². The average molecular weight is 415 g/mol. The Morgan fingerprint density at radius 1 is 1.24 bits per heavy atom. The van der Waals surface area contributed by atoms with Crippen LogP contribution in [0, 0.1) is 0 Å². The molecule has 1 aromatic carbocycles. The summed E-state index contributed by atoms with van der Waals surface area (Å²) in [5.74, 6) is 1.31. The summed E-state index contributed by atoms with van der Waals surface area (Å²) in [4.78, 5) is 12.1. The predicted molar refractivity (Wildman–Crippen MR) is 110 cm³/mol. The molecule has 1 aliphatic heterocycles. The molecule has 9 heteroatoms. The number of nitrogens with one attached hydrogen (secondary N) is 2. The molecule has 0 radical (unpaired) electrons. The first kappa shape index (κ1) is 19.6. The molecule has 1 fully saturated rings. The third kappa shape index (κ3) is 5.02. The van der Waals surface area contributed by atoms with E-state index in [-0.39, 0.29) is 12.0 Å². The minimum atomic E-state index is -0.0229. The molecule has 2 N–H and O–H groups in total. The van der Waals surface area contributed by atoms with E-state index in [1.807, 2.05) is 36.4 Å². The van der Waals surface area contributed by atoms with Crippen LogP contribution in [0.25, 0.3) is 5.65 Å². The van der Waals surface area contributed by atoms with Crippen LogP contribution >= 0.6 is 11.6 Å². The molecule has 4 rings (SSSR count). The van der Waals surface area contributed by atoms with Crippen LogP contribution < -0.4 is 10.6 Å². The highest BCUT2D eigenvalue weighted by Crippen LogP contribution is 2.17. The second kappa shape index (κ2) is 9.19. The van der Waals surface area contributed by atoms with E-state index in [9.17, 15) is 4.79 Å². The Kier molecular flexibility index (Phi) is 6.21. The van der Waals surface area contributed by atoms with Crippen molar-refractivity contribution in [2.45, 2.75) is 38.3 Å². The number of hydrogen-bond acceptors (Lipinski definition) is 6. The molecule has 3 heterocycles. The van der Waals surface area contributed by atoms with Crippen LogP contribution in [-0.4, -0.2) is 45.0 Å². The molecule has 2 aromatic heterocycles. The molecule has 1 amide bonds. The summed E-state index contributed by atoms with van der Waals surface area (Å²) in [6.07, 6.45) is 2.99. The summed E-state index contributed by atoms with van der Waals surface area (Å²) in [5.41, 5.74) is 1.63. The molecule has 152 valence electrons. The van der Waals surface area contributed by atoms with E-state index in [0.717, 1.165) is 25.0 Å². The molecule has 0 bridgehead atoms. The van der Waals surface area contributed by atoms with Gasteiger partial charge in [0.2, 0.25) is 5.91 Å². The number of carbonyl (C=O) groups is 1. The van der Waals surface area contributed by atoms with Gasteiger partial charge in [-0.25, -0.2) is 0 Å². The second-order valence-electron chi connectivity index (χ2n) is 6.99. The van der Waals surface area contributed by atoms with Crippen molar-refractivity contribution in [3.63, 3.8) is 0 Å². The standard InChI is InChI=1S/C20H23ClN6O2/c21-16-6-2-1-4-14(16)12-22-17-7-8-18-24-25-19(27(18)26-17)9-10-20(28)23-13-15-5-3-11-29-15/h1-2,4,6-8,15H,3,5,9-13H2,(H,22,26)(H,23,28)/t15-/m1/s1. The van der Waals surface area contributed by atoms with Gasteiger partial charge in [-0.2, -0.15) is 4.52 Å². The van der Waals surface area contributed by atoms with E-state index in [2.05, 4.69) is 25.9 Å². The van der Waals surface area contributed by atoms with Crippen LogP contribution in [0.3, 0.4) is 0 Å². The number of halogens is 1. The van der Waals surface area contributed by atoms with Gasteiger partial charge in [0.25, 0.3) is 0 Å². The van der Waals surface area contributed by atoms with Gasteiger partial charge in [0.15, 0.2) is 11.5 Å². The number of ether oxygens (including phenoxy) is 1. The lowest BCUT2D eigenvalue weighted by atomic mass is 10.2. The number of nitrogens with zero attached hydrogens (tertiary/aromatic N) is 4. The topological polar surface area (TPSA) is 93.4 Å². The minimum absolute atomic E-state index is 0.0229. The zero-order valence-electron chi connectivity index (χ0n) is 16.0. The zero-order chi connectivity index (χ0) is 20.1. The molecule has 0 unspecified atom stereocenters. The fraction of sp³-hybridized carbons (Fsp3) is 0.400. The molecule has 3 aromatic rings. The van der Waals surface area contributed by atoms with Crippen molar-refractivity contribution >= 4 is 29.0 Å². The Morgan fingerprint density at radius 2 is 2.14 bits per heavy atom. The lowest BCUT2D eigenvalue weighted by Crippen LogP contribution is -2.32. The van der Waals surface area contributed by atoms with Crippen molar-refractivity contribution in [2.24, 2.45) is 0 Å². The fourth-order valence-corrected chi connectivity index (χ4v) is 3.46. The first-order valence-electron chi connectivity index (χ1n) is 9.76. The van der Waals surface area contributed by atoms with Gasteiger partial charge in [-0.15, -0.1) is 15.3 Å². The highest BCUT2D eigenvalue weighted by atomic mass is 35.5. The molecular weight excluding hydrogens is 392 g/mol. The number of benzene rings is 1. The summed E-state index contributed by atoms with van der Waals surface area (Å²) < 4.78 is 7.19. The van der Waals surface area contributed by atoms with Gasteiger partial charge in [0.05, 0.1) is 6.10 Å². The number of rotatable bonds is 8. The maximum absolute atomic E-state index is 12.1. The van der Waals surface area contributed by atoms with Crippen molar-refractivity contribution in [2.75, 3.05) is 18.5 Å². The summed E-state index contributed by atoms with van der Waals surface area (Å²) in [6, 6.07) is 11.4. The second-order valence-corrected chi connectivity index (χ2v) is 7.40. The number of carbonyl (C=O) groups excluding carboxylic acids is 1. The van der Waals surface area contributed by atoms with Crippen LogP contribution in [-0.2, 0) is 22.5 Å². The van der Waals surface area contributed by atoms with Gasteiger partial charge in [-0.1, -0.05) is 29.8 Å². The summed E-state index contributed by atoms with van der Waals surface area (Å²) in [5, 5.41) is 19.8. The molecule has 1 aliphatic rings. The van der Waals surface area contributed by atoms with Gasteiger partial charge in [0, 0.05) is 37.6 Å². The van der Waals surface area contributed by atoms with Gasteiger partial charge < -0.3 is 15.4 Å². The Hall–Kier alpha value is -2.71. The Balaban J connectivity index is 1.35. The number of hydrogen-bond donors (Lipinski definition) is 2. The van der Waals surface area contributed by atoms with E-state index in [1.165, 1.54) is 0 Å². The first-order chi connectivity index (χ1) is 14.2. The molecule has 1 atom stereocenters. The van der Waals surface area contributed by atoms with Crippen LogP contribution in [0.4, 0.5) is 5.82 Å². The third-order valence-corrected chi connectivity index (χ3v) is 5.24. The lowest BCUT2D eigenvalue weighted by molar-refractivity contribution is -0.121. The molecule has 1 saturated heterocycles. The molecule has 0 aliphatic carbocycles. The van der Waals surface area contributed by atoms with Gasteiger partial charge in [0.1, 0.15) is 5.82 Å². The smallest absolute Gasteiger partial charge is 0.220 e. The van der Waals surface area contributed by atoms with Crippen LogP contribution in [0.5, 0.6) is 0 Å². The van der Waals surface area contributed by atoms with E-state index in [0.29, 0.717) is 48.2 Å². The number of amides is 1. The van der Waals surface area contributed by atoms with Crippen molar-refractivity contribution in [3.05, 3.63) is 52.8 Å². The lowest BCUT2D eigenvalue weighted by Gasteiger charge is -2.10. The maximum Gasteiger partial charge on any atom is 0.220 e. The van der Waals surface area contributed by atoms with Crippen LogP contribution in [0.1, 0.15) is 30.7 Å². The SMILES string of the molecule is O=C(CCc1nnc2ccc(NCc3ccccc3Cl)nn12)NC[C@H]1CCCO1. The fourth-order valence-electron chi connectivity index (χ4n) is 3.26. The van der Waals surface area contributed by atoms with E-state index in [4.69, 9.17) is 16.3 Å². The van der Waals surface area contributed by atoms with Gasteiger partial charge in [-0.05, 0) is 36.6 Å². The quantitative estimate of drug-likeness (QED) is 0.588. The molecule has 0 saturated carbocycles. The minimum Gasteiger partial charge on any atom is -0.376 e. The number of anilines is 1. The van der Waals surface area contributed by atoms with E-state index < -0.39 is 0 Å². The summed E-state index contributed by atoms with van der Waals surface area (Å²) >= 11 is 6.20. The molecule has 29 heavy (non-hydrogen) atoms. The Bertz CT molecular complexity index is 986. The number of fused-ring (bicyclic) bond motifs is 1. The zero-order valence-corrected chi connectivity index (χ0v) is 16.7. The average Bonchev–Trinajstić information content (AvgIpc) is 3.40. The maximum atomic E-state index is 12.1. The van der Waals surface area contributed by atoms with Crippen molar-refractivity contribution < 1.29 is 9.53 Å². The Labute approximate surface area is 173 Å². The largest absolute Gasteiger partial charge is 0.376 e. The molecular formula is C20H23ClN6O2. The van der Waals surface area contributed by atoms with Gasteiger partial charge in [-0.3, -0.25) is 4.79 Å². The third-order valence-electron chi connectivity index (χ3n) is 4.87. The number of aryl methyl sites for hydroxylation is 1.